The van der Waals surface area contributed by atoms with Gasteiger partial charge in [-0.15, -0.1) is 10.2 Å². The Labute approximate surface area is 226 Å². The van der Waals surface area contributed by atoms with Crippen LogP contribution >= 0.6 is 11.8 Å². The molecule has 0 spiro atoms. The van der Waals surface area contributed by atoms with Gasteiger partial charge in [0.25, 0.3) is 0 Å². The maximum Gasteiger partial charge on any atom is 0.409 e. The largest absolute Gasteiger partial charge is 0.450 e. The Bertz CT molecular complexity index is 1430. The summed E-state index contributed by atoms with van der Waals surface area (Å²) in [6.45, 7) is 7.03. The smallest absolute Gasteiger partial charge is 0.409 e. The molecule has 0 bridgehead atoms. The molecule has 2 aromatic carbocycles. The van der Waals surface area contributed by atoms with Crippen molar-refractivity contribution >= 4 is 45.8 Å². The number of hydrogen-bond acceptors (Lipinski definition) is 7. The molecule has 1 aliphatic rings. The van der Waals surface area contributed by atoms with E-state index < -0.39 is 0 Å². The van der Waals surface area contributed by atoms with Crippen LogP contribution < -0.4 is 0 Å². The highest BCUT2D eigenvalue weighted by atomic mass is 32.2. The summed E-state index contributed by atoms with van der Waals surface area (Å²) in [7, 11) is 0. The number of ether oxygens (including phenoxy) is 1. The first kappa shape index (κ1) is 26.0. The molecule has 0 N–H and O–H groups in total. The first-order valence-electron chi connectivity index (χ1n) is 13.0. The Kier molecular flexibility index (Phi) is 8.07. The predicted molar refractivity (Wildman–Crippen MR) is 148 cm³/mol. The number of nitrogens with zero attached hydrogens (tertiary/aromatic N) is 6. The van der Waals surface area contributed by atoms with Crippen LogP contribution in [-0.2, 0) is 16.1 Å². The summed E-state index contributed by atoms with van der Waals surface area (Å²) in [5.74, 6) is 0.835. The standard InChI is InChI=1S/C28H32N6O3S/c1-3-37-28(36)33-15-13-32(14-16-33)24(35)10-7-17-38-27-29-26-25(30-31-27)22-18-20(2)11-12-23(22)34(26)19-21-8-5-4-6-9-21/h4-6,8-9,11-12,18H,3,7,10,13-17,19H2,1-2H3. The van der Waals surface area contributed by atoms with Crippen LogP contribution in [0.25, 0.3) is 22.1 Å². The highest BCUT2D eigenvalue weighted by Gasteiger charge is 2.24. The Morgan fingerprint density at radius 3 is 2.53 bits per heavy atom. The number of amides is 2. The van der Waals surface area contributed by atoms with Crippen molar-refractivity contribution in [3.63, 3.8) is 0 Å². The van der Waals surface area contributed by atoms with Crippen LogP contribution in [0.3, 0.4) is 0 Å². The van der Waals surface area contributed by atoms with E-state index in [1.807, 2.05) is 23.1 Å². The van der Waals surface area contributed by atoms with Gasteiger partial charge in [-0.05, 0) is 38.0 Å². The third kappa shape index (κ3) is 5.75. The minimum atomic E-state index is -0.306. The van der Waals surface area contributed by atoms with Crippen molar-refractivity contribution < 1.29 is 14.3 Å². The van der Waals surface area contributed by atoms with Crippen molar-refractivity contribution in [3.05, 3.63) is 59.7 Å². The molecule has 1 aliphatic heterocycles. The molecule has 2 aromatic heterocycles. The molecule has 38 heavy (non-hydrogen) atoms. The van der Waals surface area contributed by atoms with Crippen LogP contribution in [-0.4, -0.2) is 80.1 Å². The number of fused-ring (bicyclic) bond motifs is 3. The average molecular weight is 533 g/mol. The fourth-order valence-electron chi connectivity index (χ4n) is 4.74. The van der Waals surface area contributed by atoms with Crippen LogP contribution in [0.2, 0.25) is 0 Å². The van der Waals surface area contributed by atoms with Gasteiger partial charge in [0, 0.05) is 50.3 Å². The van der Waals surface area contributed by atoms with E-state index in [2.05, 4.69) is 52.0 Å². The molecule has 0 radical (unpaired) electrons. The summed E-state index contributed by atoms with van der Waals surface area (Å²) in [5.41, 5.74) is 5.08. The van der Waals surface area contributed by atoms with Crippen LogP contribution in [0.5, 0.6) is 0 Å². The van der Waals surface area contributed by atoms with E-state index in [1.54, 1.807) is 11.8 Å². The minimum Gasteiger partial charge on any atom is -0.450 e. The number of rotatable bonds is 8. The van der Waals surface area contributed by atoms with E-state index in [4.69, 9.17) is 9.72 Å². The molecule has 3 heterocycles. The highest BCUT2D eigenvalue weighted by Crippen LogP contribution is 2.29. The number of hydrogen-bond donors (Lipinski definition) is 0. The van der Waals surface area contributed by atoms with Crippen molar-refractivity contribution in [1.82, 2.24) is 29.5 Å². The monoisotopic (exact) mass is 532 g/mol. The van der Waals surface area contributed by atoms with E-state index in [0.29, 0.717) is 50.9 Å². The number of thioether (sulfide) groups is 1. The Balaban J connectivity index is 1.22. The minimum absolute atomic E-state index is 0.113. The average Bonchev–Trinajstić information content (AvgIpc) is 3.23. The Morgan fingerprint density at radius 2 is 1.76 bits per heavy atom. The molecular weight excluding hydrogens is 500 g/mol. The first-order chi connectivity index (χ1) is 18.5. The van der Waals surface area contributed by atoms with Crippen LogP contribution in [0.4, 0.5) is 4.79 Å². The second-order valence-electron chi connectivity index (χ2n) is 9.38. The number of carbonyl (C=O) groups is 2. The molecule has 5 rings (SSSR count). The Hall–Kier alpha value is -3.66. The van der Waals surface area contributed by atoms with Crippen LogP contribution in [0, 0.1) is 6.92 Å². The molecule has 0 aliphatic carbocycles. The lowest BCUT2D eigenvalue weighted by Gasteiger charge is -2.34. The topological polar surface area (TPSA) is 93.5 Å². The molecule has 1 saturated heterocycles. The second-order valence-corrected chi connectivity index (χ2v) is 10.4. The lowest BCUT2D eigenvalue weighted by molar-refractivity contribution is -0.132. The van der Waals surface area contributed by atoms with E-state index in [1.165, 1.54) is 22.9 Å². The molecule has 0 saturated carbocycles. The van der Waals surface area contributed by atoms with Crippen molar-refractivity contribution in [3.8, 4) is 0 Å². The normalized spacial score (nSPS) is 13.8. The van der Waals surface area contributed by atoms with Gasteiger partial charge in [0.1, 0.15) is 5.52 Å². The molecule has 10 heteroatoms. The van der Waals surface area contributed by atoms with E-state index in [0.717, 1.165) is 34.2 Å². The Morgan fingerprint density at radius 1 is 1.00 bits per heavy atom. The third-order valence-electron chi connectivity index (χ3n) is 6.71. The molecular formula is C28H32N6O3S. The van der Waals surface area contributed by atoms with Gasteiger partial charge < -0.3 is 19.1 Å². The van der Waals surface area contributed by atoms with Gasteiger partial charge in [0.05, 0.1) is 12.1 Å². The molecule has 0 unspecified atom stereocenters. The summed E-state index contributed by atoms with van der Waals surface area (Å²) in [5, 5.41) is 10.6. The number of aromatic nitrogens is 4. The maximum absolute atomic E-state index is 12.7. The molecule has 9 nitrogen and oxygen atoms in total. The number of carbonyl (C=O) groups excluding carboxylic acids is 2. The number of piperazine rings is 1. The summed E-state index contributed by atoms with van der Waals surface area (Å²) in [6, 6.07) is 16.7. The van der Waals surface area contributed by atoms with Gasteiger partial charge >= 0.3 is 6.09 Å². The maximum atomic E-state index is 12.7. The van der Waals surface area contributed by atoms with Crippen molar-refractivity contribution in [2.24, 2.45) is 0 Å². The zero-order valence-electron chi connectivity index (χ0n) is 21.8. The predicted octanol–water partition coefficient (Wildman–Crippen LogP) is 4.51. The van der Waals surface area contributed by atoms with Gasteiger partial charge in [-0.25, -0.2) is 9.78 Å². The lowest BCUT2D eigenvalue weighted by atomic mass is 10.1. The van der Waals surface area contributed by atoms with Crippen LogP contribution in [0.1, 0.15) is 30.9 Å². The fraction of sp³-hybridized carbons (Fsp3) is 0.393. The van der Waals surface area contributed by atoms with E-state index >= 15 is 0 Å². The number of benzene rings is 2. The second kappa shape index (κ2) is 11.8. The van der Waals surface area contributed by atoms with Gasteiger partial charge in [-0.3, -0.25) is 4.79 Å². The molecule has 0 atom stereocenters. The van der Waals surface area contributed by atoms with Crippen LogP contribution in [0.15, 0.2) is 53.7 Å². The molecule has 4 aromatic rings. The molecule has 1 fully saturated rings. The van der Waals surface area contributed by atoms with Gasteiger partial charge in [0.15, 0.2) is 5.65 Å². The SMILES string of the molecule is CCOC(=O)N1CCN(C(=O)CCCSc2nnc3c4cc(C)ccc4n(Cc4ccccc4)c3n2)CC1. The van der Waals surface area contributed by atoms with Gasteiger partial charge in [-0.1, -0.05) is 53.7 Å². The third-order valence-corrected chi connectivity index (χ3v) is 7.63. The zero-order valence-corrected chi connectivity index (χ0v) is 22.6. The summed E-state index contributed by atoms with van der Waals surface area (Å²) >= 11 is 1.52. The summed E-state index contributed by atoms with van der Waals surface area (Å²) in [6.07, 6.45) is 0.865. The zero-order chi connectivity index (χ0) is 26.5. The molecule has 198 valence electrons. The lowest BCUT2D eigenvalue weighted by Crippen LogP contribution is -2.50. The summed E-state index contributed by atoms with van der Waals surface area (Å²) < 4.78 is 7.25. The highest BCUT2D eigenvalue weighted by molar-refractivity contribution is 7.99. The first-order valence-corrected chi connectivity index (χ1v) is 14.0. The van der Waals surface area contributed by atoms with Crippen molar-refractivity contribution in [1.29, 1.82) is 0 Å². The van der Waals surface area contributed by atoms with Crippen molar-refractivity contribution in [2.45, 2.75) is 38.4 Å². The van der Waals surface area contributed by atoms with Gasteiger partial charge in [-0.2, -0.15) is 0 Å². The van der Waals surface area contributed by atoms with E-state index in [9.17, 15) is 9.59 Å². The van der Waals surface area contributed by atoms with Crippen molar-refractivity contribution in [2.75, 3.05) is 38.5 Å². The quantitative estimate of drug-likeness (QED) is 0.243. The van der Waals surface area contributed by atoms with E-state index in [-0.39, 0.29) is 12.0 Å². The number of aryl methyl sites for hydroxylation is 1. The summed E-state index contributed by atoms with van der Waals surface area (Å²) in [4.78, 5) is 32.9. The van der Waals surface area contributed by atoms with Gasteiger partial charge in [0.2, 0.25) is 11.1 Å². The fourth-order valence-corrected chi connectivity index (χ4v) is 5.46. The molecule has 2 amide bonds.